The first-order valence-electron chi connectivity index (χ1n) is 6.86. The van der Waals surface area contributed by atoms with Crippen molar-refractivity contribution in [1.29, 1.82) is 0 Å². The van der Waals surface area contributed by atoms with E-state index >= 15 is 0 Å². The molecule has 1 fully saturated rings. The van der Waals surface area contributed by atoms with E-state index < -0.39 is 10.0 Å². The van der Waals surface area contributed by atoms with Gasteiger partial charge in [0.15, 0.2) is 0 Å². The summed E-state index contributed by atoms with van der Waals surface area (Å²) >= 11 is 1.23. The molecule has 1 N–H and O–H groups in total. The molecule has 0 atom stereocenters. The largest absolute Gasteiger partial charge is 0.384 e. The minimum atomic E-state index is -3.37. The van der Waals surface area contributed by atoms with Gasteiger partial charge in [0.2, 0.25) is 5.91 Å². The van der Waals surface area contributed by atoms with E-state index in [1.165, 1.54) is 15.6 Å². The molecule has 0 radical (unpaired) electrons. The SMILES string of the molecule is COCCC(=O)NC1CCN(S(=O)(=O)c2cccs2)CC1. The summed E-state index contributed by atoms with van der Waals surface area (Å²) in [7, 11) is -1.81. The third-order valence-electron chi connectivity index (χ3n) is 3.44. The van der Waals surface area contributed by atoms with Crippen molar-refractivity contribution in [3.63, 3.8) is 0 Å². The van der Waals surface area contributed by atoms with Crippen molar-refractivity contribution in [2.45, 2.75) is 29.5 Å². The molecule has 118 valence electrons. The fourth-order valence-corrected chi connectivity index (χ4v) is 4.89. The van der Waals surface area contributed by atoms with Gasteiger partial charge in [-0.3, -0.25) is 4.79 Å². The molecule has 2 rings (SSSR count). The molecule has 1 aromatic heterocycles. The third-order valence-corrected chi connectivity index (χ3v) is 6.71. The Kier molecular flexibility index (Phi) is 5.74. The van der Waals surface area contributed by atoms with Gasteiger partial charge >= 0.3 is 0 Å². The van der Waals surface area contributed by atoms with Crippen molar-refractivity contribution >= 4 is 27.3 Å². The highest BCUT2D eigenvalue weighted by Crippen LogP contribution is 2.24. The van der Waals surface area contributed by atoms with Crippen LogP contribution in [0.1, 0.15) is 19.3 Å². The second kappa shape index (κ2) is 7.35. The van der Waals surface area contributed by atoms with Crippen LogP contribution < -0.4 is 5.32 Å². The number of methoxy groups -OCH3 is 1. The number of rotatable bonds is 6. The van der Waals surface area contributed by atoms with Gasteiger partial charge in [-0.05, 0) is 24.3 Å². The monoisotopic (exact) mass is 332 g/mol. The second-order valence-electron chi connectivity index (χ2n) is 4.92. The predicted octanol–water partition coefficient (Wildman–Crippen LogP) is 1.05. The van der Waals surface area contributed by atoms with Crippen LogP contribution in [-0.2, 0) is 19.6 Å². The molecule has 0 unspecified atom stereocenters. The number of nitrogens with zero attached hydrogens (tertiary/aromatic N) is 1. The van der Waals surface area contributed by atoms with Crippen LogP contribution in [0.2, 0.25) is 0 Å². The van der Waals surface area contributed by atoms with Crippen molar-refractivity contribution in [2.75, 3.05) is 26.8 Å². The topological polar surface area (TPSA) is 75.7 Å². The number of amides is 1. The van der Waals surface area contributed by atoms with E-state index in [1.807, 2.05) is 0 Å². The summed E-state index contributed by atoms with van der Waals surface area (Å²) < 4.78 is 31.4. The maximum atomic E-state index is 12.4. The molecule has 6 nitrogen and oxygen atoms in total. The fraction of sp³-hybridized carbons (Fsp3) is 0.615. The molecule has 21 heavy (non-hydrogen) atoms. The Labute approximate surface area is 129 Å². The number of ether oxygens (including phenoxy) is 1. The lowest BCUT2D eigenvalue weighted by Gasteiger charge is -2.31. The van der Waals surface area contributed by atoms with Gasteiger partial charge in [-0.25, -0.2) is 8.42 Å². The molecule has 0 aliphatic carbocycles. The van der Waals surface area contributed by atoms with Crippen LogP contribution in [0.5, 0.6) is 0 Å². The third kappa shape index (κ3) is 4.26. The Morgan fingerprint density at radius 3 is 2.76 bits per heavy atom. The molecule has 2 heterocycles. The minimum absolute atomic E-state index is 0.0450. The van der Waals surface area contributed by atoms with Crippen molar-refractivity contribution in [1.82, 2.24) is 9.62 Å². The first kappa shape index (κ1) is 16.4. The number of nitrogens with one attached hydrogen (secondary N) is 1. The summed E-state index contributed by atoms with van der Waals surface area (Å²) in [5.41, 5.74) is 0. The van der Waals surface area contributed by atoms with E-state index in [2.05, 4.69) is 5.32 Å². The normalized spacial score (nSPS) is 17.8. The average Bonchev–Trinajstić information content (AvgIpc) is 3.00. The molecule has 1 aromatic rings. The van der Waals surface area contributed by atoms with E-state index in [9.17, 15) is 13.2 Å². The molecular weight excluding hydrogens is 312 g/mol. The Bertz CT molecular complexity index is 549. The first-order chi connectivity index (χ1) is 10.0. The van der Waals surface area contributed by atoms with Crippen LogP contribution in [-0.4, -0.2) is 51.5 Å². The highest BCUT2D eigenvalue weighted by atomic mass is 32.2. The standard InChI is InChI=1S/C13H20N2O4S2/c1-19-9-6-12(16)14-11-4-7-15(8-5-11)21(17,18)13-3-2-10-20-13/h2-3,10-11H,4-9H2,1H3,(H,14,16). The van der Waals surface area contributed by atoms with Crippen LogP contribution in [0.15, 0.2) is 21.7 Å². The molecule has 0 aromatic carbocycles. The van der Waals surface area contributed by atoms with Gasteiger partial charge in [-0.1, -0.05) is 6.07 Å². The van der Waals surface area contributed by atoms with Gasteiger partial charge in [0.25, 0.3) is 10.0 Å². The summed E-state index contributed by atoms with van der Waals surface area (Å²) in [4.78, 5) is 11.6. The molecular formula is C13H20N2O4S2. The molecule has 0 bridgehead atoms. The van der Waals surface area contributed by atoms with Crippen molar-refractivity contribution in [2.24, 2.45) is 0 Å². The van der Waals surface area contributed by atoms with Crippen LogP contribution in [0.25, 0.3) is 0 Å². The summed E-state index contributed by atoms with van der Waals surface area (Å²) in [6.45, 7) is 1.28. The van der Waals surface area contributed by atoms with E-state index in [-0.39, 0.29) is 11.9 Å². The van der Waals surface area contributed by atoms with Gasteiger partial charge in [-0.2, -0.15) is 4.31 Å². The number of piperidine rings is 1. The van der Waals surface area contributed by atoms with Gasteiger partial charge in [0.05, 0.1) is 6.61 Å². The fourth-order valence-electron chi connectivity index (χ4n) is 2.27. The van der Waals surface area contributed by atoms with Gasteiger partial charge < -0.3 is 10.1 Å². The first-order valence-corrected chi connectivity index (χ1v) is 9.18. The van der Waals surface area contributed by atoms with Gasteiger partial charge in [-0.15, -0.1) is 11.3 Å². The lowest BCUT2D eigenvalue weighted by Crippen LogP contribution is -2.46. The number of carbonyl (C=O) groups is 1. The zero-order chi connectivity index (χ0) is 15.3. The number of sulfonamides is 1. The number of hydrogen-bond acceptors (Lipinski definition) is 5. The van der Waals surface area contributed by atoms with Crippen LogP contribution in [0.3, 0.4) is 0 Å². The number of thiophene rings is 1. The van der Waals surface area contributed by atoms with Gasteiger partial charge in [0, 0.05) is 32.7 Å². The minimum Gasteiger partial charge on any atom is -0.384 e. The quantitative estimate of drug-likeness (QED) is 0.845. The Morgan fingerprint density at radius 1 is 1.48 bits per heavy atom. The molecule has 0 spiro atoms. The predicted molar refractivity (Wildman–Crippen MR) is 80.7 cm³/mol. The van der Waals surface area contributed by atoms with Crippen LogP contribution >= 0.6 is 11.3 Å². The maximum Gasteiger partial charge on any atom is 0.252 e. The Balaban J connectivity index is 1.85. The summed E-state index contributed by atoms with van der Waals surface area (Å²) in [6, 6.07) is 3.41. The highest BCUT2D eigenvalue weighted by molar-refractivity contribution is 7.91. The molecule has 1 aliphatic rings. The van der Waals surface area contributed by atoms with E-state index in [0.29, 0.717) is 43.2 Å². The Hall–Kier alpha value is -0.960. The zero-order valence-corrected chi connectivity index (χ0v) is 13.6. The molecule has 1 saturated heterocycles. The van der Waals surface area contributed by atoms with E-state index in [0.717, 1.165) is 0 Å². The van der Waals surface area contributed by atoms with Crippen LogP contribution in [0.4, 0.5) is 0 Å². The highest BCUT2D eigenvalue weighted by Gasteiger charge is 2.30. The summed E-state index contributed by atoms with van der Waals surface area (Å²) in [5, 5.41) is 4.68. The van der Waals surface area contributed by atoms with Crippen LogP contribution in [0, 0.1) is 0 Å². The molecule has 8 heteroatoms. The molecule has 0 saturated carbocycles. The van der Waals surface area contributed by atoms with Gasteiger partial charge in [0.1, 0.15) is 4.21 Å². The zero-order valence-electron chi connectivity index (χ0n) is 11.9. The van der Waals surface area contributed by atoms with Crippen molar-refractivity contribution in [3.05, 3.63) is 17.5 Å². The second-order valence-corrected chi connectivity index (χ2v) is 8.03. The number of hydrogen-bond donors (Lipinski definition) is 1. The van der Waals surface area contributed by atoms with Crippen molar-refractivity contribution in [3.8, 4) is 0 Å². The lowest BCUT2D eigenvalue weighted by molar-refractivity contribution is -0.122. The molecule has 1 aliphatic heterocycles. The molecule has 1 amide bonds. The Morgan fingerprint density at radius 2 is 2.19 bits per heavy atom. The maximum absolute atomic E-state index is 12.4. The summed E-state index contributed by atoms with van der Waals surface area (Å²) in [5.74, 6) is -0.0450. The van der Waals surface area contributed by atoms with E-state index in [4.69, 9.17) is 4.74 Å². The van der Waals surface area contributed by atoms with Crippen molar-refractivity contribution < 1.29 is 17.9 Å². The smallest absolute Gasteiger partial charge is 0.252 e. The van der Waals surface area contributed by atoms with E-state index in [1.54, 1.807) is 24.6 Å². The average molecular weight is 332 g/mol. The summed E-state index contributed by atoms with van der Waals surface area (Å²) in [6.07, 6.45) is 1.62. The number of carbonyl (C=O) groups excluding carboxylic acids is 1. The lowest BCUT2D eigenvalue weighted by atomic mass is 10.1.